The second-order valence-electron chi connectivity index (χ2n) is 8.30. The van der Waals surface area contributed by atoms with Crippen LogP contribution in [0.5, 0.6) is 0 Å². The van der Waals surface area contributed by atoms with Crippen molar-refractivity contribution in [2.24, 2.45) is 5.73 Å². The first-order chi connectivity index (χ1) is 12.6. The fourth-order valence-electron chi connectivity index (χ4n) is 5.11. The Bertz CT molecular complexity index is 644. The molecule has 2 saturated heterocycles. The number of carbonyl (C=O) groups is 1. The number of carbonyl (C=O) groups excluding carboxylic acids is 1. The van der Waals surface area contributed by atoms with Gasteiger partial charge in [0.2, 0.25) is 0 Å². The number of nitrogens with zero attached hydrogens (tertiary/aromatic N) is 3. The van der Waals surface area contributed by atoms with Crippen LogP contribution in [0.3, 0.4) is 0 Å². The fraction of sp³-hybridized carbons (Fsp3) is 0.789. The van der Waals surface area contributed by atoms with E-state index in [-0.39, 0.29) is 11.3 Å². The van der Waals surface area contributed by atoms with E-state index in [4.69, 9.17) is 16.2 Å². The van der Waals surface area contributed by atoms with Crippen LogP contribution in [0.25, 0.3) is 0 Å². The molecule has 1 amide bonds. The molecule has 1 aromatic heterocycles. The maximum Gasteiger partial charge on any atom is 0.271 e. The highest BCUT2D eigenvalue weighted by Crippen LogP contribution is 2.42. The SMILES string of the molecule is NC(=O)c1ncn(C2CCN(CC3CCC4(CCCCC4)O3)CC2)c1N. The number of hydrogen-bond acceptors (Lipinski definition) is 5. The van der Waals surface area contributed by atoms with E-state index in [2.05, 4.69) is 9.88 Å². The summed E-state index contributed by atoms with van der Waals surface area (Å²) in [6.45, 7) is 3.10. The fourth-order valence-corrected chi connectivity index (χ4v) is 5.11. The normalized spacial score (nSPS) is 27.2. The molecule has 0 radical (unpaired) electrons. The van der Waals surface area contributed by atoms with E-state index in [1.165, 1.54) is 44.9 Å². The van der Waals surface area contributed by atoms with Gasteiger partial charge in [-0.25, -0.2) is 4.98 Å². The number of anilines is 1. The minimum Gasteiger partial charge on any atom is -0.383 e. The van der Waals surface area contributed by atoms with Crippen molar-refractivity contribution in [2.45, 2.75) is 75.5 Å². The Hall–Kier alpha value is -1.60. The van der Waals surface area contributed by atoms with E-state index in [0.29, 0.717) is 18.0 Å². The van der Waals surface area contributed by atoms with Crippen LogP contribution in [0.15, 0.2) is 6.33 Å². The molecule has 1 saturated carbocycles. The first-order valence-electron chi connectivity index (χ1n) is 10.1. The molecule has 0 aromatic carbocycles. The molecule has 4 rings (SSSR count). The predicted molar refractivity (Wildman–Crippen MR) is 99.8 cm³/mol. The number of amides is 1. The first-order valence-corrected chi connectivity index (χ1v) is 10.1. The topological polar surface area (TPSA) is 99.4 Å². The van der Waals surface area contributed by atoms with Gasteiger partial charge in [0.15, 0.2) is 5.69 Å². The lowest BCUT2D eigenvalue weighted by Gasteiger charge is -2.36. The molecule has 1 atom stereocenters. The van der Waals surface area contributed by atoms with Gasteiger partial charge in [0.25, 0.3) is 5.91 Å². The quantitative estimate of drug-likeness (QED) is 0.855. The van der Waals surface area contributed by atoms with Crippen LogP contribution in [0.1, 0.15) is 74.3 Å². The molecule has 144 valence electrons. The highest BCUT2D eigenvalue weighted by atomic mass is 16.5. The smallest absolute Gasteiger partial charge is 0.271 e. The maximum atomic E-state index is 11.3. The van der Waals surface area contributed by atoms with Crippen molar-refractivity contribution in [3.05, 3.63) is 12.0 Å². The van der Waals surface area contributed by atoms with Crippen LogP contribution < -0.4 is 11.5 Å². The molecule has 7 nitrogen and oxygen atoms in total. The van der Waals surface area contributed by atoms with Gasteiger partial charge in [-0.2, -0.15) is 0 Å². The van der Waals surface area contributed by atoms with Crippen molar-refractivity contribution >= 4 is 11.7 Å². The van der Waals surface area contributed by atoms with Gasteiger partial charge in [-0.3, -0.25) is 4.79 Å². The van der Waals surface area contributed by atoms with Gasteiger partial charge in [0.1, 0.15) is 5.82 Å². The summed E-state index contributed by atoms with van der Waals surface area (Å²) in [5, 5.41) is 0. The maximum absolute atomic E-state index is 11.3. The Morgan fingerprint density at radius 2 is 1.92 bits per heavy atom. The van der Waals surface area contributed by atoms with Gasteiger partial charge >= 0.3 is 0 Å². The molecule has 3 aliphatic rings. The summed E-state index contributed by atoms with van der Waals surface area (Å²) in [5.74, 6) is -0.164. The second kappa shape index (κ2) is 7.19. The summed E-state index contributed by atoms with van der Waals surface area (Å²) in [5.41, 5.74) is 11.8. The van der Waals surface area contributed by atoms with Gasteiger partial charge in [-0.1, -0.05) is 19.3 Å². The number of nitrogen functional groups attached to an aromatic ring is 1. The molecule has 26 heavy (non-hydrogen) atoms. The van der Waals surface area contributed by atoms with Crippen molar-refractivity contribution < 1.29 is 9.53 Å². The third kappa shape index (κ3) is 3.47. The lowest BCUT2D eigenvalue weighted by atomic mass is 9.83. The number of aromatic nitrogens is 2. The van der Waals surface area contributed by atoms with Crippen molar-refractivity contribution in [2.75, 3.05) is 25.4 Å². The summed E-state index contributed by atoms with van der Waals surface area (Å²) in [7, 11) is 0. The Kier molecular flexibility index (Phi) is 4.92. The van der Waals surface area contributed by atoms with Crippen LogP contribution in [0.4, 0.5) is 5.82 Å². The minimum absolute atomic E-state index is 0.185. The molecule has 7 heteroatoms. The molecule has 0 bridgehead atoms. The monoisotopic (exact) mass is 361 g/mol. The summed E-state index contributed by atoms with van der Waals surface area (Å²) in [6, 6.07) is 0.293. The molecule has 1 aromatic rings. The van der Waals surface area contributed by atoms with E-state index >= 15 is 0 Å². The summed E-state index contributed by atoms with van der Waals surface area (Å²) in [4.78, 5) is 17.9. The van der Waals surface area contributed by atoms with E-state index in [0.717, 1.165) is 32.5 Å². The average Bonchev–Trinajstić information content (AvgIpc) is 3.20. The van der Waals surface area contributed by atoms with Crippen molar-refractivity contribution in [3.63, 3.8) is 0 Å². The Balaban J connectivity index is 1.28. The molecule has 4 N–H and O–H groups in total. The lowest BCUT2D eigenvalue weighted by molar-refractivity contribution is -0.0734. The van der Waals surface area contributed by atoms with Gasteiger partial charge in [-0.05, 0) is 38.5 Å². The van der Waals surface area contributed by atoms with E-state index in [1.807, 2.05) is 4.57 Å². The Morgan fingerprint density at radius 1 is 1.19 bits per heavy atom. The molecule has 1 spiro atoms. The Labute approximate surface area is 155 Å². The van der Waals surface area contributed by atoms with Gasteiger partial charge in [0, 0.05) is 25.7 Å². The average molecular weight is 361 g/mol. The number of ether oxygens (including phenoxy) is 1. The van der Waals surface area contributed by atoms with Crippen LogP contribution in [-0.2, 0) is 4.74 Å². The van der Waals surface area contributed by atoms with Gasteiger partial charge in [0.05, 0.1) is 18.0 Å². The molecule has 2 aliphatic heterocycles. The number of piperidine rings is 1. The molecule has 3 fully saturated rings. The van der Waals surface area contributed by atoms with Crippen LogP contribution in [0, 0.1) is 0 Å². The van der Waals surface area contributed by atoms with E-state index in [9.17, 15) is 4.79 Å². The van der Waals surface area contributed by atoms with Crippen molar-refractivity contribution in [1.82, 2.24) is 14.5 Å². The van der Waals surface area contributed by atoms with Crippen molar-refractivity contribution in [3.8, 4) is 0 Å². The molecular weight excluding hydrogens is 330 g/mol. The van der Waals surface area contributed by atoms with Crippen molar-refractivity contribution in [1.29, 1.82) is 0 Å². The second-order valence-corrected chi connectivity index (χ2v) is 8.30. The highest BCUT2D eigenvalue weighted by molar-refractivity contribution is 5.95. The highest BCUT2D eigenvalue weighted by Gasteiger charge is 2.41. The third-order valence-corrected chi connectivity index (χ3v) is 6.58. The van der Waals surface area contributed by atoms with E-state index in [1.54, 1.807) is 6.33 Å². The van der Waals surface area contributed by atoms with E-state index < -0.39 is 5.91 Å². The van der Waals surface area contributed by atoms with Gasteiger partial charge < -0.3 is 25.7 Å². The third-order valence-electron chi connectivity index (χ3n) is 6.58. The zero-order chi connectivity index (χ0) is 18.1. The largest absolute Gasteiger partial charge is 0.383 e. The molecule has 3 heterocycles. The lowest BCUT2D eigenvalue weighted by Crippen LogP contribution is -2.40. The standard InChI is InChI=1S/C19H31N5O2/c20-17-16(18(21)25)22-13-24(17)14-5-10-23(11-6-14)12-15-4-9-19(26-15)7-2-1-3-8-19/h13-15H,1-12,20H2,(H2,21,25). The molecular formula is C19H31N5O2. The Morgan fingerprint density at radius 3 is 2.58 bits per heavy atom. The summed E-state index contributed by atoms with van der Waals surface area (Å²) < 4.78 is 8.44. The summed E-state index contributed by atoms with van der Waals surface area (Å²) in [6.07, 6.45) is 13.1. The number of primary amides is 1. The molecule has 1 aliphatic carbocycles. The predicted octanol–water partition coefficient (Wildman–Crippen LogP) is 2.08. The zero-order valence-electron chi connectivity index (χ0n) is 15.5. The number of likely N-dealkylation sites (tertiary alicyclic amines) is 1. The minimum atomic E-state index is -0.561. The van der Waals surface area contributed by atoms with Crippen LogP contribution in [0.2, 0.25) is 0 Å². The van der Waals surface area contributed by atoms with Crippen LogP contribution >= 0.6 is 0 Å². The van der Waals surface area contributed by atoms with Gasteiger partial charge in [-0.15, -0.1) is 0 Å². The van der Waals surface area contributed by atoms with Crippen LogP contribution in [-0.4, -0.2) is 51.7 Å². The first kappa shape index (κ1) is 17.8. The summed E-state index contributed by atoms with van der Waals surface area (Å²) >= 11 is 0. The number of hydrogen-bond donors (Lipinski definition) is 2. The molecule has 1 unspecified atom stereocenters. The number of nitrogens with two attached hydrogens (primary N) is 2. The number of imidazole rings is 1. The number of rotatable bonds is 4. The zero-order valence-corrected chi connectivity index (χ0v) is 15.5.